The summed E-state index contributed by atoms with van der Waals surface area (Å²) >= 11 is 0. The number of pyridine rings is 1. The van der Waals surface area contributed by atoms with E-state index in [1.165, 1.54) is 0 Å². The average Bonchev–Trinajstić information content (AvgIpc) is 2.62. The molecule has 1 fully saturated rings. The first-order valence-corrected chi connectivity index (χ1v) is 8.61. The number of hydrogen-bond donors (Lipinski definition) is 0. The fraction of sp³-hybridized carbons (Fsp3) is 0.400. The molecule has 0 saturated carbocycles. The van der Waals surface area contributed by atoms with Gasteiger partial charge in [0.25, 0.3) is 5.91 Å². The molecule has 1 aliphatic rings. The minimum atomic E-state index is -0.126. The van der Waals surface area contributed by atoms with Gasteiger partial charge in [0.05, 0.1) is 18.7 Å². The van der Waals surface area contributed by atoms with Gasteiger partial charge in [0.1, 0.15) is 11.8 Å². The van der Waals surface area contributed by atoms with Crippen LogP contribution in [0.25, 0.3) is 0 Å². The molecule has 1 amide bonds. The Morgan fingerprint density at radius 2 is 1.92 bits per heavy atom. The number of nitrogens with zero attached hydrogens (tertiary/aromatic N) is 3. The molecule has 2 heterocycles. The third kappa shape index (κ3) is 3.51. The predicted molar refractivity (Wildman–Crippen MR) is 98.8 cm³/mol. The minimum absolute atomic E-state index is 0.00674. The molecule has 1 aliphatic heterocycles. The van der Waals surface area contributed by atoms with E-state index in [0.29, 0.717) is 12.3 Å². The van der Waals surface area contributed by atoms with Crippen LogP contribution in [-0.4, -0.2) is 48.6 Å². The molecule has 0 radical (unpaired) electrons. The molecule has 2 aromatic rings. The van der Waals surface area contributed by atoms with Crippen molar-refractivity contribution in [1.82, 2.24) is 9.88 Å². The van der Waals surface area contributed by atoms with E-state index >= 15 is 0 Å². The van der Waals surface area contributed by atoms with Gasteiger partial charge in [0.2, 0.25) is 0 Å². The highest BCUT2D eigenvalue weighted by atomic mass is 16.5. The van der Waals surface area contributed by atoms with Crippen LogP contribution in [0.2, 0.25) is 0 Å². The molecule has 0 spiro atoms. The molecule has 1 aromatic carbocycles. The fourth-order valence-corrected chi connectivity index (χ4v) is 3.36. The third-order valence-electron chi connectivity index (χ3n) is 4.71. The Labute approximate surface area is 149 Å². The molecule has 1 saturated heterocycles. The predicted octanol–water partition coefficient (Wildman–Crippen LogP) is 3.14. The number of morpholine rings is 1. The van der Waals surface area contributed by atoms with E-state index in [9.17, 15) is 4.79 Å². The number of aromatic nitrogens is 1. The highest BCUT2D eigenvalue weighted by molar-refractivity contribution is 5.93. The Morgan fingerprint density at radius 3 is 2.60 bits per heavy atom. The average molecular weight is 339 g/mol. The second kappa shape index (κ2) is 7.23. The van der Waals surface area contributed by atoms with Crippen LogP contribution in [0.5, 0.6) is 0 Å². The molecule has 132 valence electrons. The van der Waals surface area contributed by atoms with E-state index in [1.54, 1.807) is 6.20 Å². The van der Waals surface area contributed by atoms with Crippen molar-refractivity contribution in [3.05, 3.63) is 59.9 Å². The third-order valence-corrected chi connectivity index (χ3v) is 4.71. The number of anilines is 1. The largest absolute Gasteiger partial charge is 0.378 e. The summed E-state index contributed by atoms with van der Waals surface area (Å²) in [6, 6.07) is 13.8. The smallest absolute Gasteiger partial charge is 0.273 e. The number of ether oxygens (including phenoxy) is 1. The quantitative estimate of drug-likeness (QED) is 0.862. The lowest BCUT2D eigenvalue weighted by Crippen LogP contribution is -2.53. The fourth-order valence-electron chi connectivity index (χ4n) is 3.36. The number of benzene rings is 1. The maximum absolute atomic E-state index is 13.2. The molecule has 0 N–H and O–H groups in total. The van der Waals surface area contributed by atoms with E-state index < -0.39 is 0 Å². The Kier molecular flexibility index (Phi) is 5.04. The van der Waals surface area contributed by atoms with E-state index in [-0.39, 0.29) is 24.1 Å². The van der Waals surface area contributed by atoms with Crippen LogP contribution >= 0.6 is 0 Å². The highest BCUT2D eigenvalue weighted by Gasteiger charge is 2.37. The molecular weight excluding hydrogens is 314 g/mol. The molecule has 5 heteroatoms. The Hall–Kier alpha value is -2.40. The van der Waals surface area contributed by atoms with E-state index in [4.69, 9.17) is 4.74 Å². The maximum Gasteiger partial charge on any atom is 0.273 e. The summed E-state index contributed by atoms with van der Waals surface area (Å²) in [5.41, 5.74) is 2.53. The van der Waals surface area contributed by atoms with Gasteiger partial charge >= 0.3 is 0 Å². The zero-order valence-electron chi connectivity index (χ0n) is 15.2. The van der Waals surface area contributed by atoms with Crippen molar-refractivity contribution in [3.63, 3.8) is 0 Å². The van der Waals surface area contributed by atoms with Crippen molar-refractivity contribution in [2.24, 2.45) is 0 Å². The molecule has 1 aromatic heterocycles. The Morgan fingerprint density at radius 1 is 1.20 bits per heavy atom. The molecule has 3 atom stereocenters. The van der Waals surface area contributed by atoms with Gasteiger partial charge in [-0.2, -0.15) is 0 Å². The summed E-state index contributed by atoms with van der Waals surface area (Å²) < 4.78 is 6.04. The lowest BCUT2D eigenvalue weighted by atomic mass is 9.98. The van der Waals surface area contributed by atoms with Crippen molar-refractivity contribution in [1.29, 1.82) is 0 Å². The summed E-state index contributed by atoms with van der Waals surface area (Å²) in [5.74, 6) is -0.0482. The number of hydrogen-bond acceptors (Lipinski definition) is 4. The molecule has 5 nitrogen and oxygen atoms in total. The lowest BCUT2D eigenvalue weighted by Gasteiger charge is -2.43. The van der Waals surface area contributed by atoms with Crippen LogP contribution in [0.1, 0.15) is 36.0 Å². The van der Waals surface area contributed by atoms with Gasteiger partial charge in [-0.05, 0) is 31.5 Å². The minimum Gasteiger partial charge on any atom is -0.378 e. The first-order valence-electron chi connectivity index (χ1n) is 8.61. The van der Waals surface area contributed by atoms with Crippen molar-refractivity contribution < 1.29 is 9.53 Å². The zero-order valence-corrected chi connectivity index (χ0v) is 15.2. The lowest BCUT2D eigenvalue weighted by molar-refractivity contribution is -0.0807. The number of rotatable bonds is 3. The summed E-state index contributed by atoms with van der Waals surface area (Å²) in [7, 11) is 3.91. The number of carbonyl (C=O) groups is 1. The maximum atomic E-state index is 13.2. The zero-order chi connectivity index (χ0) is 18.0. The van der Waals surface area contributed by atoms with Crippen LogP contribution in [0.4, 0.5) is 5.69 Å². The van der Waals surface area contributed by atoms with Crippen LogP contribution in [0.15, 0.2) is 48.7 Å². The molecule has 0 unspecified atom stereocenters. The summed E-state index contributed by atoms with van der Waals surface area (Å²) in [5, 5.41) is 0. The Bertz CT molecular complexity index is 733. The van der Waals surface area contributed by atoms with Crippen molar-refractivity contribution >= 4 is 11.6 Å². The van der Waals surface area contributed by atoms with E-state index in [1.807, 2.05) is 80.2 Å². The van der Waals surface area contributed by atoms with Crippen molar-refractivity contribution in [2.45, 2.75) is 32.0 Å². The Balaban J connectivity index is 1.88. The molecule has 3 rings (SSSR count). The molecule has 0 bridgehead atoms. The second-order valence-corrected chi connectivity index (χ2v) is 6.76. The monoisotopic (exact) mass is 339 g/mol. The summed E-state index contributed by atoms with van der Waals surface area (Å²) in [6.45, 7) is 4.58. The van der Waals surface area contributed by atoms with Crippen molar-refractivity contribution in [2.75, 3.05) is 25.6 Å². The normalized spacial score (nSPS) is 23.4. The molecule has 25 heavy (non-hydrogen) atoms. The standard InChI is InChI=1S/C20H25N3O2/c1-14-13-25-19(16-8-6-5-7-9-16)15(2)23(14)20(24)18-12-17(22(3)4)10-11-21-18/h5-12,14-15,19H,13H2,1-4H3/t14-,15+,19+/m1/s1. The van der Waals surface area contributed by atoms with Crippen LogP contribution in [0, 0.1) is 0 Å². The van der Waals surface area contributed by atoms with Gasteiger partial charge in [-0.3, -0.25) is 9.78 Å². The second-order valence-electron chi connectivity index (χ2n) is 6.76. The molecule has 0 aliphatic carbocycles. The first kappa shape index (κ1) is 17.4. The topological polar surface area (TPSA) is 45.7 Å². The van der Waals surface area contributed by atoms with Gasteiger partial charge in [-0.1, -0.05) is 30.3 Å². The van der Waals surface area contributed by atoms with Crippen LogP contribution in [0.3, 0.4) is 0 Å². The number of carbonyl (C=O) groups excluding carboxylic acids is 1. The SMILES string of the molecule is C[C@@H]1CO[C@H](c2ccccc2)[C@H](C)N1C(=O)c1cc(N(C)C)ccn1. The van der Waals surface area contributed by atoms with E-state index in [0.717, 1.165) is 11.3 Å². The van der Waals surface area contributed by atoms with Gasteiger partial charge in [-0.15, -0.1) is 0 Å². The van der Waals surface area contributed by atoms with Crippen LogP contribution in [-0.2, 0) is 4.74 Å². The highest BCUT2D eigenvalue weighted by Crippen LogP contribution is 2.31. The summed E-state index contributed by atoms with van der Waals surface area (Å²) in [4.78, 5) is 21.3. The van der Waals surface area contributed by atoms with Gasteiger partial charge in [-0.25, -0.2) is 0 Å². The van der Waals surface area contributed by atoms with Gasteiger partial charge in [0.15, 0.2) is 0 Å². The molecular formula is C20H25N3O2. The van der Waals surface area contributed by atoms with Crippen molar-refractivity contribution in [3.8, 4) is 0 Å². The first-order chi connectivity index (χ1) is 12.0. The van der Waals surface area contributed by atoms with E-state index in [2.05, 4.69) is 4.98 Å². The number of amides is 1. The summed E-state index contributed by atoms with van der Waals surface area (Å²) in [6.07, 6.45) is 1.56. The van der Waals surface area contributed by atoms with Gasteiger partial charge in [0, 0.05) is 26.0 Å². The van der Waals surface area contributed by atoms with Crippen LogP contribution < -0.4 is 4.90 Å². The van der Waals surface area contributed by atoms with Gasteiger partial charge < -0.3 is 14.5 Å².